The molecule has 1 aliphatic rings. The van der Waals surface area contributed by atoms with Gasteiger partial charge in [-0.1, -0.05) is 33.1 Å². The minimum atomic E-state index is -0.309. The van der Waals surface area contributed by atoms with E-state index in [1.54, 1.807) is 6.20 Å². The van der Waals surface area contributed by atoms with Gasteiger partial charge in [-0.15, -0.1) is 0 Å². The van der Waals surface area contributed by atoms with E-state index in [2.05, 4.69) is 16.9 Å². The second-order valence-electron chi connectivity index (χ2n) is 5.80. The van der Waals surface area contributed by atoms with Gasteiger partial charge in [0.05, 0.1) is 17.9 Å². The van der Waals surface area contributed by atoms with Crippen molar-refractivity contribution in [2.45, 2.75) is 65.2 Å². The Bertz CT molecular complexity index is 488. The molecule has 2 unspecified atom stereocenters. The molecule has 0 saturated heterocycles. The van der Waals surface area contributed by atoms with Crippen LogP contribution in [0.5, 0.6) is 0 Å². The van der Waals surface area contributed by atoms with Gasteiger partial charge in [0.15, 0.2) is 0 Å². The third-order valence-electron chi connectivity index (χ3n) is 4.44. The summed E-state index contributed by atoms with van der Waals surface area (Å²) in [7, 11) is 0. The smallest absolute Gasteiger partial charge is 0.341 e. The second-order valence-corrected chi connectivity index (χ2v) is 5.80. The molecule has 1 heterocycles. The Labute approximate surface area is 127 Å². The van der Waals surface area contributed by atoms with Gasteiger partial charge in [0, 0.05) is 12.1 Å². The molecule has 0 aromatic carbocycles. The SMILES string of the molecule is CCOC(=O)c1cnc(C2CCCC(CC)C2)nc1CC. The van der Waals surface area contributed by atoms with Crippen LogP contribution in [0.25, 0.3) is 0 Å². The standard InChI is InChI=1S/C17H26N2O2/c1-4-12-8-7-9-13(10-12)16-18-11-14(15(5-2)19-16)17(20)21-6-3/h11-13H,4-10H2,1-3H3. The fraction of sp³-hybridized carbons (Fsp3) is 0.706. The predicted molar refractivity (Wildman–Crippen MR) is 82.4 cm³/mol. The van der Waals surface area contributed by atoms with Gasteiger partial charge in [0.2, 0.25) is 0 Å². The van der Waals surface area contributed by atoms with Gasteiger partial charge in [0.25, 0.3) is 0 Å². The van der Waals surface area contributed by atoms with Crippen LogP contribution in [0, 0.1) is 5.92 Å². The van der Waals surface area contributed by atoms with E-state index in [0.717, 1.165) is 23.9 Å². The first-order valence-electron chi connectivity index (χ1n) is 8.22. The van der Waals surface area contributed by atoms with Crippen molar-refractivity contribution < 1.29 is 9.53 Å². The van der Waals surface area contributed by atoms with E-state index in [9.17, 15) is 4.79 Å². The molecule has 1 fully saturated rings. The normalized spacial score (nSPS) is 22.0. The number of hydrogen-bond acceptors (Lipinski definition) is 4. The molecule has 1 aromatic rings. The first kappa shape index (κ1) is 15.9. The molecule has 116 valence electrons. The monoisotopic (exact) mass is 290 g/mol. The van der Waals surface area contributed by atoms with E-state index in [-0.39, 0.29) is 5.97 Å². The molecule has 0 aliphatic heterocycles. The highest BCUT2D eigenvalue weighted by Gasteiger charge is 2.25. The van der Waals surface area contributed by atoms with Crippen molar-refractivity contribution >= 4 is 5.97 Å². The van der Waals surface area contributed by atoms with Crippen molar-refractivity contribution in [2.24, 2.45) is 5.92 Å². The van der Waals surface area contributed by atoms with Gasteiger partial charge in [-0.2, -0.15) is 0 Å². The number of rotatable bonds is 5. The summed E-state index contributed by atoms with van der Waals surface area (Å²) in [6.45, 7) is 6.47. The van der Waals surface area contributed by atoms with Crippen LogP contribution in [-0.4, -0.2) is 22.5 Å². The number of aryl methyl sites for hydroxylation is 1. The minimum Gasteiger partial charge on any atom is -0.462 e. The Morgan fingerprint density at radius 3 is 2.81 bits per heavy atom. The molecular formula is C17H26N2O2. The largest absolute Gasteiger partial charge is 0.462 e. The van der Waals surface area contributed by atoms with Crippen LogP contribution in [0.3, 0.4) is 0 Å². The van der Waals surface area contributed by atoms with Crippen LogP contribution in [0.4, 0.5) is 0 Å². The van der Waals surface area contributed by atoms with Crippen LogP contribution in [0.15, 0.2) is 6.20 Å². The third kappa shape index (κ3) is 3.80. The van der Waals surface area contributed by atoms with Crippen molar-refractivity contribution in [3.05, 3.63) is 23.3 Å². The van der Waals surface area contributed by atoms with Crippen molar-refractivity contribution in [3.8, 4) is 0 Å². The summed E-state index contributed by atoms with van der Waals surface area (Å²) >= 11 is 0. The summed E-state index contributed by atoms with van der Waals surface area (Å²) in [6.07, 6.45) is 8.55. The molecule has 0 amide bonds. The first-order valence-corrected chi connectivity index (χ1v) is 8.22. The van der Waals surface area contributed by atoms with Crippen molar-refractivity contribution in [1.82, 2.24) is 9.97 Å². The lowest BCUT2D eigenvalue weighted by atomic mass is 9.80. The zero-order chi connectivity index (χ0) is 15.2. The van der Waals surface area contributed by atoms with Gasteiger partial charge in [-0.05, 0) is 32.1 Å². The summed E-state index contributed by atoms with van der Waals surface area (Å²) in [4.78, 5) is 21.1. The van der Waals surface area contributed by atoms with Crippen molar-refractivity contribution in [1.29, 1.82) is 0 Å². The molecule has 0 bridgehead atoms. The maximum atomic E-state index is 11.9. The maximum absolute atomic E-state index is 11.9. The Balaban J connectivity index is 2.20. The summed E-state index contributed by atoms with van der Waals surface area (Å²) in [5, 5.41) is 0. The number of nitrogens with zero attached hydrogens (tertiary/aromatic N) is 2. The fourth-order valence-electron chi connectivity index (χ4n) is 3.17. The summed E-state index contributed by atoms with van der Waals surface area (Å²) in [5.41, 5.74) is 1.34. The number of hydrogen-bond donors (Lipinski definition) is 0. The molecule has 1 saturated carbocycles. The van der Waals surface area contributed by atoms with E-state index in [1.807, 2.05) is 13.8 Å². The fourth-order valence-corrected chi connectivity index (χ4v) is 3.17. The highest BCUT2D eigenvalue weighted by molar-refractivity contribution is 5.90. The van der Waals surface area contributed by atoms with Gasteiger partial charge in [-0.25, -0.2) is 14.8 Å². The third-order valence-corrected chi connectivity index (χ3v) is 4.44. The van der Waals surface area contributed by atoms with Gasteiger partial charge in [-0.3, -0.25) is 0 Å². The number of ether oxygens (including phenoxy) is 1. The van der Waals surface area contributed by atoms with Crippen molar-refractivity contribution in [2.75, 3.05) is 6.61 Å². The van der Waals surface area contributed by atoms with Crippen LogP contribution in [-0.2, 0) is 11.2 Å². The van der Waals surface area contributed by atoms with Crippen LogP contribution in [0.1, 0.15) is 80.7 Å². The van der Waals surface area contributed by atoms with E-state index in [4.69, 9.17) is 4.74 Å². The van der Waals surface area contributed by atoms with E-state index >= 15 is 0 Å². The summed E-state index contributed by atoms with van der Waals surface area (Å²) in [5.74, 6) is 1.85. The summed E-state index contributed by atoms with van der Waals surface area (Å²) in [6, 6.07) is 0. The lowest BCUT2D eigenvalue weighted by Crippen LogP contribution is -2.18. The van der Waals surface area contributed by atoms with Gasteiger partial charge in [0.1, 0.15) is 5.82 Å². The number of carbonyl (C=O) groups excluding carboxylic acids is 1. The number of aromatic nitrogens is 2. The van der Waals surface area contributed by atoms with E-state index < -0.39 is 0 Å². The average molecular weight is 290 g/mol. The second kappa shape index (κ2) is 7.53. The molecule has 0 N–H and O–H groups in total. The number of esters is 1. The van der Waals surface area contributed by atoms with Crippen LogP contribution < -0.4 is 0 Å². The molecule has 21 heavy (non-hydrogen) atoms. The highest BCUT2D eigenvalue weighted by atomic mass is 16.5. The molecule has 1 aromatic heterocycles. The molecule has 2 atom stereocenters. The van der Waals surface area contributed by atoms with Gasteiger partial charge >= 0.3 is 5.97 Å². The Morgan fingerprint density at radius 2 is 2.14 bits per heavy atom. The zero-order valence-corrected chi connectivity index (χ0v) is 13.4. The predicted octanol–water partition coefficient (Wildman–Crippen LogP) is 3.90. The lowest BCUT2D eigenvalue weighted by molar-refractivity contribution is 0.0524. The first-order chi connectivity index (χ1) is 10.2. The van der Waals surface area contributed by atoms with Gasteiger partial charge < -0.3 is 4.74 Å². The molecule has 0 radical (unpaired) electrons. The molecule has 4 heteroatoms. The lowest BCUT2D eigenvalue weighted by Gasteiger charge is -2.27. The maximum Gasteiger partial charge on any atom is 0.341 e. The molecule has 1 aliphatic carbocycles. The van der Waals surface area contributed by atoms with Crippen LogP contribution in [0.2, 0.25) is 0 Å². The quantitative estimate of drug-likeness (QED) is 0.772. The minimum absolute atomic E-state index is 0.309. The highest BCUT2D eigenvalue weighted by Crippen LogP contribution is 2.36. The number of carbonyl (C=O) groups is 1. The molecular weight excluding hydrogens is 264 g/mol. The molecule has 2 rings (SSSR count). The Morgan fingerprint density at radius 1 is 1.33 bits per heavy atom. The Kier molecular flexibility index (Phi) is 5.71. The van der Waals surface area contributed by atoms with E-state index in [1.165, 1.54) is 32.1 Å². The van der Waals surface area contributed by atoms with Crippen molar-refractivity contribution in [3.63, 3.8) is 0 Å². The molecule has 0 spiro atoms. The zero-order valence-electron chi connectivity index (χ0n) is 13.4. The molecule has 4 nitrogen and oxygen atoms in total. The topological polar surface area (TPSA) is 52.1 Å². The Hall–Kier alpha value is -1.45. The average Bonchev–Trinajstić information content (AvgIpc) is 2.54. The van der Waals surface area contributed by atoms with E-state index in [0.29, 0.717) is 18.1 Å². The summed E-state index contributed by atoms with van der Waals surface area (Å²) < 4.78 is 5.07. The van der Waals surface area contributed by atoms with Crippen LogP contribution >= 0.6 is 0 Å².